The van der Waals surface area contributed by atoms with E-state index in [2.05, 4.69) is 20.3 Å². The van der Waals surface area contributed by atoms with Gasteiger partial charge in [0.2, 0.25) is 5.91 Å². The van der Waals surface area contributed by atoms with Gasteiger partial charge in [0, 0.05) is 31.5 Å². The molecule has 1 atom stereocenters. The summed E-state index contributed by atoms with van der Waals surface area (Å²) in [5, 5.41) is 7.52. The third kappa shape index (κ3) is 2.97. The number of hydrogen-bond donors (Lipinski definition) is 2. The minimum Gasteiger partial charge on any atom is -0.366 e. The fraction of sp³-hybridized carbons (Fsp3) is 0.222. The summed E-state index contributed by atoms with van der Waals surface area (Å²) in [5.74, 6) is -0.0595. The Morgan fingerprint density at radius 3 is 2.77 bits per heavy atom. The van der Waals surface area contributed by atoms with E-state index in [-0.39, 0.29) is 17.5 Å². The molecule has 3 N–H and O–H groups in total. The van der Waals surface area contributed by atoms with Crippen LogP contribution in [0, 0.1) is 0 Å². The average molecular weight is 350 g/mol. The van der Waals surface area contributed by atoms with E-state index in [1.807, 2.05) is 12.1 Å². The minimum atomic E-state index is -0.610. The van der Waals surface area contributed by atoms with E-state index < -0.39 is 5.91 Å². The van der Waals surface area contributed by atoms with Gasteiger partial charge in [-0.3, -0.25) is 9.59 Å². The van der Waals surface area contributed by atoms with Crippen LogP contribution in [-0.4, -0.2) is 45.5 Å². The molecule has 2 amide bonds. The summed E-state index contributed by atoms with van der Waals surface area (Å²) in [4.78, 5) is 30.3. The van der Waals surface area contributed by atoms with E-state index >= 15 is 0 Å². The van der Waals surface area contributed by atoms with Gasteiger partial charge in [-0.05, 0) is 30.7 Å². The molecule has 1 saturated heterocycles. The quantitative estimate of drug-likeness (QED) is 0.725. The van der Waals surface area contributed by atoms with Crippen molar-refractivity contribution in [1.29, 1.82) is 0 Å². The molecule has 1 fully saturated rings. The topological polar surface area (TPSA) is 106 Å². The fourth-order valence-electron chi connectivity index (χ4n) is 3.22. The predicted molar refractivity (Wildman–Crippen MR) is 96.0 cm³/mol. The molecule has 0 radical (unpaired) electrons. The van der Waals surface area contributed by atoms with Crippen LogP contribution in [0.1, 0.15) is 27.1 Å². The number of imidazole rings is 1. The Labute approximate surface area is 149 Å². The molecule has 0 bridgehead atoms. The van der Waals surface area contributed by atoms with E-state index in [1.54, 1.807) is 41.2 Å². The second-order valence-corrected chi connectivity index (χ2v) is 6.24. The number of primary amides is 1. The second-order valence-electron chi connectivity index (χ2n) is 6.24. The first kappa shape index (κ1) is 16.1. The number of nitrogens with zero attached hydrogens (tertiary/aromatic N) is 4. The van der Waals surface area contributed by atoms with Gasteiger partial charge in [-0.15, -0.1) is 5.10 Å². The Balaban J connectivity index is 1.46. The minimum absolute atomic E-state index is 0.0243. The molecular formula is C18H18N6O2. The number of hydrogen-bond acceptors (Lipinski definition) is 5. The number of rotatable bonds is 4. The molecule has 0 saturated carbocycles. The number of carbonyl (C=O) groups excluding carboxylic acids is 2. The highest BCUT2D eigenvalue weighted by molar-refractivity contribution is 6.06. The van der Waals surface area contributed by atoms with Crippen molar-refractivity contribution in [2.75, 3.05) is 18.0 Å². The summed E-state index contributed by atoms with van der Waals surface area (Å²) < 4.78 is 1.73. The Bertz CT molecular complexity index is 982. The molecule has 3 aromatic rings. The standard InChI is InChI=1S/C18H18N6O2/c19-17(25)13-3-1-2-4-14(13)18(26)21-12-7-9-23(11-12)16-6-5-15-20-8-10-24(15)22-16/h1-6,8,10,12H,7,9,11H2,(H2,19,25)(H,21,26)/t12-/m0/s1. The number of nitrogens with two attached hydrogens (primary N) is 1. The number of benzene rings is 1. The van der Waals surface area contributed by atoms with Crippen LogP contribution in [0.3, 0.4) is 0 Å². The van der Waals surface area contributed by atoms with Gasteiger partial charge >= 0.3 is 0 Å². The highest BCUT2D eigenvalue weighted by Gasteiger charge is 2.26. The molecule has 8 nitrogen and oxygen atoms in total. The van der Waals surface area contributed by atoms with Gasteiger partial charge in [-0.25, -0.2) is 9.50 Å². The van der Waals surface area contributed by atoms with Crippen molar-refractivity contribution >= 4 is 23.3 Å². The molecule has 2 aromatic heterocycles. The summed E-state index contributed by atoms with van der Waals surface area (Å²) in [6.07, 6.45) is 4.30. The van der Waals surface area contributed by atoms with Crippen molar-refractivity contribution in [3.05, 3.63) is 59.9 Å². The van der Waals surface area contributed by atoms with Gasteiger partial charge in [0.1, 0.15) is 5.82 Å². The van der Waals surface area contributed by atoms with E-state index in [1.165, 1.54) is 0 Å². The van der Waals surface area contributed by atoms with Crippen molar-refractivity contribution in [3.8, 4) is 0 Å². The Kier molecular flexibility index (Phi) is 4.00. The maximum Gasteiger partial charge on any atom is 0.252 e. The van der Waals surface area contributed by atoms with Crippen LogP contribution >= 0.6 is 0 Å². The lowest BCUT2D eigenvalue weighted by molar-refractivity contribution is 0.0925. The first-order valence-electron chi connectivity index (χ1n) is 8.37. The lowest BCUT2D eigenvalue weighted by atomic mass is 10.1. The fourth-order valence-corrected chi connectivity index (χ4v) is 3.22. The van der Waals surface area contributed by atoms with Crippen molar-refractivity contribution < 1.29 is 9.59 Å². The number of nitrogens with one attached hydrogen (secondary N) is 1. The van der Waals surface area contributed by atoms with Crippen LogP contribution in [0.2, 0.25) is 0 Å². The molecule has 0 spiro atoms. The number of fused-ring (bicyclic) bond motifs is 1. The van der Waals surface area contributed by atoms with Crippen LogP contribution in [-0.2, 0) is 0 Å². The zero-order valence-electron chi connectivity index (χ0n) is 14.0. The van der Waals surface area contributed by atoms with E-state index in [4.69, 9.17) is 5.73 Å². The largest absolute Gasteiger partial charge is 0.366 e. The third-order valence-electron chi connectivity index (χ3n) is 4.53. The summed E-state index contributed by atoms with van der Waals surface area (Å²) in [7, 11) is 0. The van der Waals surface area contributed by atoms with Crippen molar-refractivity contribution in [2.24, 2.45) is 5.73 Å². The number of aromatic nitrogens is 3. The van der Waals surface area contributed by atoms with Crippen LogP contribution in [0.5, 0.6) is 0 Å². The van der Waals surface area contributed by atoms with Crippen LogP contribution in [0.4, 0.5) is 5.82 Å². The summed E-state index contributed by atoms with van der Waals surface area (Å²) in [6.45, 7) is 1.44. The maximum absolute atomic E-state index is 12.5. The molecular weight excluding hydrogens is 332 g/mol. The van der Waals surface area contributed by atoms with Gasteiger partial charge in [-0.1, -0.05) is 12.1 Å². The van der Waals surface area contributed by atoms with Crippen molar-refractivity contribution in [1.82, 2.24) is 19.9 Å². The molecule has 1 aromatic carbocycles. The first-order chi connectivity index (χ1) is 12.6. The van der Waals surface area contributed by atoms with Crippen LogP contribution in [0.15, 0.2) is 48.8 Å². The first-order valence-corrected chi connectivity index (χ1v) is 8.37. The maximum atomic E-state index is 12.5. The SMILES string of the molecule is NC(=O)c1ccccc1C(=O)N[C@H]1CCN(c2ccc3nccn3n2)C1. The molecule has 0 aliphatic carbocycles. The molecule has 26 heavy (non-hydrogen) atoms. The lowest BCUT2D eigenvalue weighted by Crippen LogP contribution is -2.38. The monoisotopic (exact) mass is 350 g/mol. The third-order valence-corrected chi connectivity index (χ3v) is 4.53. The highest BCUT2D eigenvalue weighted by Crippen LogP contribution is 2.19. The Morgan fingerprint density at radius 1 is 1.15 bits per heavy atom. The zero-order valence-corrected chi connectivity index (χ0v) is 14.0. The van der Waals surface area contributed by atoms with Gasteiger partial charge in [0.25, 0.3) is 5.91 Å². The number of anilines is 1. The smallest absolute Gasteiger partial charge is 0.252 e. The molecule has 0 unspecified atom stereocenters. The van der Waals surface area contributed by atoms with E-state index in [0.717, 1.165) is 24.4 Å². The van der Waals surface area contributed by atoms with Crippen molar-refractivity contribution in [3.63, 3.8) is 0 Å². The predicted octanol–water partition coefficient (Wildman–Crippen LogP) is 0.837. The molecule has 1 aliphatic heterocycles. The lowest BCUT2D eigenvalue weighted by Gasteiger charge is -2.18. The highest BCUT2D eigenvalue weighted by atomic mass is 16.2. The molecule has 132 valence electrons. The Morgan fingerprint density at radius 2 is 1.96 bits per heavy atom. The Hall–Kier alpha value is -3.42. The molecule has 1 aliphatic rings. The summed E-state index contributed by atoms with van der Waals surface area (Å²) in [5.41, 5.74) is 6.68. The summed E-state index contributed by atoms with van der Waals surface area (Å²) >= 11 is 0. The van der Waals surface area contributed by atoms with Gasteiger partial charge in [0.05, 0.1) is 11.1 Å². The van der Waals surface area contributed by atoms with E-state index in [9.17, 15) is 9.59 Å². The molecule has 3 heterocycles. The molecule has 4 rings (SSSR count). The van der Waals surface area contributed by atoms with Gasteiger partial charge < -0.3 is 16.0 Å². The van der Waals surface area contributed by atoms with Crippen LogP contribution in [0.25, 0.3) is 5.65 Å². The number of carbonyl (C=O) groups is 2. The van der Waals surface area contributed by atoms with Crippen LogP contribution < -0.4 is 16.0 Å². The van der Waals surface area contributed by atoms with Crippen molar-refractivity contribution in [2.45, 2.75) is 12.5 Å². The van der Waals surface area contributed by atoms with E-state index in [0.29, 0.717) is 12.1 Å². The van der Waals surface area contributed by atoms with Gasteiger partial charge in [0.15, 0.2) is 5.65 Å². The average Bonchev–Trinajstić information content (AvgIpc) is 3.30. The van der Waals surface area contributed by atoms with Gasteiger partial charge in [-0.2, -0.15) is 0 Å². The number of amides is 2. The normalized spacial score (nSPS) is 16.8. The molecule has 8 heteroatoms. The second kappa shape index (κ2) is 6.47. The summed E-state index contributed by atoms with van der Waals surface area (Å²) in [6, 6.07) is 10.4. The zero-order chi connectivity index (χ0) is 18.1.